The van der Waals surface area contributed by atoms with Gasteiger partial charge in [0.05, 0.1) is 45.6 Å². The van der Waals surface area contributed by atoms with Crippen LogP contribution in [0.5, 0.6) is 0 Å². The van der Waals surface area contributed by atoms with Crippen molar-refractivity contribution < 1.29 is 13.2 Å². The molecule has 0 bridgehead atoms. The van der Waals surface area contributed by atoms with Gasteiger partial charge in [-0.3, -0.25) is 0 Å². The van der Waals surface area contributed by atoms with Crippen LogP contribution in [0.15, 0.2) is 164 Å². The summed E-state index contributed by atoms with van der Waals surface area (Å²) in [4.78, 5) is 19.4. The molecule has 0 aliphatic rings. The van der Waals surface area contributed by atoms with Crippen molar-refractivity contribution in [1.82, 2.24) is 24.1 Å². The number of alkyl halides is 3. The summed E-state index contributed by atoms with van der Waals surface area (Å²) in [6, 6.07) is 51.8. The average molecular weight is 865 g/mol. The lowest BCUT2D eigenvalue weighted by molar-refractivity contribution is -0.137. The smallest absolute Gasteiger partial charge is 0.308 e. The molecule has 0 saturated heterocycles. The van der Waals surface area contributed by atoms with E-state index < -0.39 is 11.7 Å². The number of nitrogens with zero attached hydrogens (tertiary/aromatic N) is 6. The van der Waals surface area contributed by atoms with E-state index in [0.717, 1.165) is 88.7 Å². The molecule has 0 saturated carbocycles. The molecule has 6 nitrogen and oxygen atoms in total. The van der Waals surface area contributed by atoms with Crippen LogP contribution in [0.1, 0.15) is 27.8 Å². The second-order valence-electron chi connectivity index (χ2n) is 17.0. The molecule has 0 N–H and O–H groups in total. The summed E-state index contributed by atoms with van der Waals surface area (Å²) in [6.07, 6.45) is -4.62. The molecule has 0 fully saturated rings. The van der Waals surface area contributed by atoms with Gasteiger partial charge in [0.25, 0.3) is 0 Å². The summed E-state index contributed by atoms with van der Waals surface area (Å²) < 4.78 is 48.6. The van der Waals surface area contributed by atoms with E-state index in [4.69, 9.17) is 21.5 Å². The van der Waals surface area contributed by atoms with E-state index in [9.17, 15) is 13.2 Å². The Morgan fingerprint density at radius 3 is 1.35 bits per heavy atom. The van der Waals surface area contributed by atoms with Gasteiger partial charge in [0, 0.05) is 38.2 Å². The maximum atomic E-state index is 14.8. The minimum atomic E-state index is -4.62. The zero-order valence-electron chi connectivity index (χ0n) is 36.4. The Bertz CT molecular complexity index is 3700. The fraction of sp³-hybridized carbons (Fsp3) is 0.0877. The lowest BCUT2D eigenvalue weighted by Gasteiger charge is -2.18. The highest BCUT2D eigenvalue weighted by Crippen LogP contribution is 2.43. The highest BCUT2D eigenvalue weighted by Gasteiger charge is 2.32. The van der Waals surface area contributed by atoms with E-state index in [1.165, 1.54) is 12.1 Å². The van der Waals surface area contributed by atoms with Crippen molar-refractivity contribution in [3.8, 4) is 56.7 Å². The Balaban J connectivity index is 1.24. The summed E-state index contributed by atoms with van der Waals surface area (Å²) in [5.74, 6) is 0.892. The molecule has 3 aromatic heterocycles. The van der Waals surface area contributed by atoms with Crippen molar-refractivity contribution in [3.63, 3.8) is 0 Å². The van der Waals surface area contributed by atoms with Gasteiger partial charge in [-0.15, -0.1) is 0 Å². The van der Waals surface area contributed by atoms with E-state index >= 15 is 0 Å². The number of hydrogen-bond donors (Lipinski definition) is 0. The van der Waals surface area contributed by atoms with E-state index in [-0.39, 0.29) is 11.5 Å². The van der Waals surface area contributed by atoms with Gasteiger partial charge in [0.15, 0.2) is 23.2 Å². The number of para-hydroxylation sites is 1. The van der Waals surface area contributed by atoms with Crippen LogP contribution in [0.2, 0.25) is 0 Å². The molecule has 66 heavy (non-hydrogen) atoms. The van der Waals surface area contributed by atoms with Gasteiger partial charge in [-0.2, -0.15) is 13.2 Å². The highest BCUT2D eigenvalue weighted by molar-refractivity contribution is 6.11. The standard InChI is InChI=1S/C57H39F3N6/c1-33-15-23-48-43(27-33)44-28-34(2)16-24-49(44)65(48)52-31-38(40-13-9-10-14-47(40)61-5)19-21-41(52)55-62-54(37-11-7-6-8-12-37)63-56(64-55)42-22-20-39(57(58,59)60)32-53(42)66-50-25-17-35(3)29-45(50)46-30-36(4)18-26-51(46)66/h6-32H,1-4H3. The van der Waals surface area contributed by atoms with Gasteiger partial charge in [0.2, 0.25) is 0 Å². The van der Waals surface area contributed by atoms with Crippen molar-refractivity contribution in [1.29, 1.82) is 0 Å². The van der Waals surface area contributed by atoms with E-state index in [1.54, 1.807) is 0 Å². The monoisotopic (exact) mass is 864 g/mol. The summed E-state index contributed by atoms with van der Waals surface area (Å²) in [5.41, 5.74) is 11.9. The van der Waals surface area contributed by atoms with Crippen LogP contribution in [-0.2, 0) is 6.18 Å². The fourth-order valence-corrected chi connectivity index (χ4v) is 9.32. The predicted molar refractivity (Wildman–Crippen MR) is 260 cm³/mol. The molecular formula is C57H39F3N6. The van der Waals surface area contributed by atoms with Gasteiger partial charge >= 0.3 is 6.18 Å². The number of fused-ring (bicyclic) bond motifs is 6. The second-order valence-corrected chi connectivity index (χ2v) is 17.0. The molecule has 0 atom stereocenters. The fourth-order valence-electron chi connectivity index (χ4n) is 9.32. The summed E-state index contributed by atoms with van der Waals surface area (Å²) in [7, 11) is 0. The van der Waals surface area contributed by atoms with Gasteiger partial charge in [-0.25, -0.2) is 19.8 Å². The van der Waals surface area contributed by atoms with Crippen LogP contribution in [0, 0.1) is 34.3 Å². The number of aromatic nitrogens is 5. The summed E-state index contributed by atoms with van der Waals surface area (Å²) >= 11 is 0. The van der Waals surface area contributed by atoms with Crippen LogP contribution < -0.4 is 0 Å². The average Bonchev–Trinajstić information content (AvgIpc) is 3.81. The number of rotatable bonds is 6. The first-order valence-corrected chi connectivity index (χ1v) is 21.6. The Hall–Kier alpha value is -8.35. The van der Waals surface area contributed by atoms with Crippen LogP contribution in [0.4, 0.5) is 18.9 Å². The Morgan fingerprint density at radius 1 is 0.424 bits per heavy atom. The molecule has 0 spiro atoms. The molecule has 0 unspecified atom stereocenters. The quantitative estimate of drug-likeness (QED) is 0.157. The zero-order valence-corrected chi connectivity index (χ0v) is 36.4. The topological polar surface area (TPSA) is 52.9 Å². The van der Waals surface area contributed by atoms with Crippen molar-refractivity contribution in [2.24, 2.45) is 0 Å². The van der Waals surface area contributed by atoms with E-state index in [0.29, 0.717) is 34.0 Å². The molecule has 0 radical (unpaired) electrons. The van der Waals surface area contributed by atoms with Crippen LogP contribution in [0.25, 0.3) is 105 Å². The third-order valence-corrected chi connectivity index (χ3v) is 12.4. The molecule has 0 aliphatic heterocycles. The predicted octanol–water partition coefficient (Wildman–Crippen LogP) is 15.5. The Labute approximate surface area is 378 Å². The normalized spacial score (nSPS) is 11.8. The highest BCUT2D eigenvalue weighted by atomic mass is 19.4. The van der Waals surface area contributed by atoms with Gasteiger partial charge in [-0.1, -0.05) is 107 Å². The zero-order chi connectivity index (χ0) is 45.4. The lowest BCUT2D eigenvalue weighted by atomic mass is 10.00. The summed E-state index contributed by atoms with van der Waals surface area (Å²) in [5, 5.41) is 4.02. The minimum absolute atomic E-state index is 0.207. The number of hydrogen-bond acceptors (Lipinski definition) is 3. The van der Waals surface area contributed by atoms with Crippen LogP contribution in [0.3, 0.4) is 0 Å². The first-order valence-electron chi connectivity index (χ1n) is 21.6. The first-order chi connectivity index (χ1) is 31.9. The molecule has 3 heterocycles. The maximum Gasteiger partial charge on any atom is 0.416 e. The minimum Gasteiger partial charge on any atom is -0.308 e. The molecule has 0 amide bonds. The third kappa shape index (κ3) is 6.77. The van der Waals surface area contributed by atoms with Crippen molar-refractivity contribution >= 4 is 49.3 Å². The lowest BCUT2D eigenvalue weighted by Crippen LogP contribution is -2.09. The Morgan fingerprint density at radius 2 is 0.864 bits per heavy atom. The number of benzene rings is 8. The van der Waals surface area contributed by atoms with E-state index in [1.807, 2.05) is 109 Å². The molecule has 11 rings (SSSR count). The molecule has 9 heteroatoms. The maximum absolute atomic E-state index is 14.8. The number of halogens is 3. The van der Waals surface area contributed by atoms with Gasteiger partial charge in [-0.05, 0) is 118 Å². The molecule has 8 aromatic carbocycles. The largest absolute Gasteiger partial charge is 0.416 e. The third-order valence-electron chi connectivity index (χ3n) is 12.4. The van der Waals surface area contributed by atoms with Crippen molar-refractivity contribution in [2.75, 3.05) is 0 Å². The van der Waals surface area contributed by atoms with Gasteiger partial charge < -0.3 is 9.13 Å². The molecule has 11 aromatic rings. The van der Waals surface area contributed by atoms with Crippen molar-refractivity contribution in [3.05, 3.63) is 203 Å². The molecular weight excluding hydrogens is 826 g/mol. The van der Waals surface area contributed by atoms with Gasteiger partial charge in [0.1, 0.15) is 0 Å². The van der Waals surface area contributed by atoms with Crippen molar-refractivity contribution in [2.45, 2.75) is 33.9 Å². The Kier molecular flexibility index (Phi) is 9.45. The first kappa shape index (κ1) is 40.4. The summed E-state index contributed by atoms with van der Waals surface area (Å²) in [6.45, 7) is 16.2. The molecule has 318 valence electrons. The molecule has 0 aliphatic carbocycles. The SMILES string of the molecule is [C-]#[N+]c1ccccc1-c1ccc(-c2nc(-c3ccccc3)nc(-c3ccc(C(F)(F)F)cc3-n3c4ccc(C)cc4c4cc(C)ccc43)n2)c(-n2c3ccc(C)cc3c3cc(C)ccc32)c1. The van der Waals surface area contributed by atoms with Crippen LogP contribution in [-0.4, -0.2) is 24.1 Å². The second kappa shape index (κ2) is 15.4. The van der Waals surface area contributed by atoms with Crippen LogP contribution >= 0.6 is 0 Å². The number of aryl methyl sites for hydroxylation is 4. The van der Waals surface area contributed by atoms with E-state index in [2.05, 4.69) is 77.9 Å².